The highest BCUT2D eigenvalue weighted by Gasteiger charge is 2.37. The number of benzene rings is 1. The Kier molecular flexibility index (Phi) is 11.9. The molecule has 0 aliphatic heterocycles. The number of aryl methyl sites for hydroxylation is 2. The lowest BCUT2D eigenvalue weighted by atomic mass is 9.81. The van der Waals surface area contributed by atoms with Crippen LogP contribution < -0.4 is 5.73 Å². The maximum absolute atomic E-state index is 12.5. The number of hydrogen-bond donors (Lipinski definition) is 1. The predicted molar refractivity (Wildman–Crippen MR) is 163 cm³/mol. The lowest BCUT2D eigenvalue weighted by molar-refractivity contribution is -0.124. The number of anilines is 1. The summed E-state index contributed by atoms with van der Waals surface area (Å²) in [4.78, 5) is 33.8. The number of nitrogens with zero attached hydrogens (tertiary/aromatic N) is 2. The average molecular weight is 554 g/mol. The van der Waals surface area contributed by atoms with Crippen molar-refractivity contribution in [2.75, 3.05) is 5.73 Å². The number of halogens is 1. The van der Waals surface area contributed by atoms with E-state index in [9.17, 15) is 9.59 Å². The van der Waals surface area contributed by atoms with Gasteiger partial charge in [0.15, 0.2) is 5.82 Å². The standard InChI is InChI=1S/C30H38ClN3O3.C2H6/c1-11-24(25-13-12-23(31)14-17(25)2)28-33-19(4)26(27(32)34-28)30(10,16-35)22(7)37-20(5)18(3)15-29(8,9)21(6)36;1-2/h11-14,16H,7,15H2,1-6,8-10H3,(H2,32,33,34);1-2H3/b20-18+,24-11+;. The van der Waals surface area contributed by atoms with Gasteiger partial charge in [-0.3, -0.25) is 4.79 Å². The van der Waals surface area contributed by atoms with Gasteiger partial charge in [-0.25, -0.2) is 9.97 Å². The lowest BCUT2D eigenvalue weighted by Gasteiger charge is -2.29. The van der Waals surface area contributed by atoms with Crippen molar-refractivity contribution in [1.29, 1.82) is 0 Å². The van der Waals surface area contributed by atoms with Gasteiger partial charge in [-0.1, -0.05) is 58.0 Å². The van der Waals surface area contributed by atoms with E-state index in [1.165, 1.54) is 0 Å². The number of Topliss-reactive ketones (excluding diaryl/α,β-unsaturated/α-hetero) is 1. The molecule has 0 aliphatic rings. The zero-order valence-corrected chi connectivity index (χ0v) is 26.1. The number of ether oxygens (including phenoxy) is 1. The quantitative estimate of drug-likeness (QED) is 0.236. The normalized spacial score (nSPS) is 13.9. The van der Waals surface area contributed by atoms with Crippen LogP contribution in [0.5, 0.6) is 0 Å². The van der Waals surface area contributed by atoms with Gasteiger partial charge < -0.3 is 15.3 Å². The molecule has 1 aromatic carbocycles. The molecule has 1 aromatic heterocycles. The summed E-state index contributed by atoms with van der Waals surface area (Å²) < 4.78 is 6.06. The maximum Gasteiger partial charge on any atom is 0.162 e. The highest BCUT2D eigenvalue weighted by molar-refractivity contribution is 6.30. The summed E-state index contributed by atoms with van der Waals surface area (Å²) in [6, 6.07) is 5.62. The molecule has 7 heteroatoms. The SMILES string of the molecule is C=C(O/C(C)=C(\C)CC(C)(C)C(C)=O)C(C)(C=O)c1c(C)nc(/C(=C/C)c2ccc(Cl)cc2C)nc1N.CC. The van der Waals surface area contributed by atoms with Crippen LogP contribution in [0.2, 0.25) is 5.02 Å². The highest BCUT2D eigenvalue weighted by atomic mass is 35.5. The Bertz CT molecular complexity index is 1280. The third-order valence-corrected chi connectivity index (χ3v) is 7.23. The predicted octanol–water partition coefficient (Wildman–Crippen LogP) is 8.09. The minimum atomic E-state index is -1.30. The van der Waals surface area contributed by atoms with E-state index in [-0.39, 0.29) is 17.4 Å². The Balaban J connectivity index is 0.00000371. The molecule has 0 bridgehead atoms. The molecule has 39 heavy (non-hydrogen) atoms. The van der Waals surface area contributed by atoms with E-state index in [1.54, 1.807) is 27.7 Å². The van der Waals surface area contributed by atoms with Crippen LogP contribution in [0, 0.1) is 19.3 Å². The minimum Gasteiger partial charge on any atom is -0.466 e. The van der Waals surface area contributed by atoms with E-state index in [1.807, 2.05) is 72.7 Å². The number of nitrogen functional groups attached to an aromatic ring is 1. The number of carbonyl (C=O) groups excluding carboxylic acids is 2. The molecule has 0 fully saturated rings. The fourth-order valence-corrected chi connectivity index (χ4v) is 4.47. The average Bonchev–Trinajstić information content (AvgIpc) is 2.85. The second-order valence-electron chi connectivity index (χ2n) is 10.4. The van der Waals surface area contributed by atoms with E-state index in [2.05, 4.69) is 11.6 Å². The Morgan fingerprint density at radius 3 is 2.18 bits per heavy atom. The highest BCUT2D eigenvalue weighted by Crippen LogP contribution is 2.38. The van der Waals surface area contributed by atoms with Crippen LogP contribution in [0.3, 0.4) is 0 Å². The van der Waals surface area contributed by atoms with Crippen molar-refractivity contribution in [2.45, 2.75) is 88.0 Å². The van der Waals surface area contributed by atoms with E-state index in [0.29, 0.717) is 34.3 Å². The lowest BCUT2D eigenvalue weighted by Crippen LogP contribution is -2.31. The monoisotopic (exact) mass is 553 g/mol. The van der Waals surface area contributed by atoms with Crippen LogP contribution in [0.25, 0.3) is 5.57 Å². The fourth-order valence-electron chi connectivity index (χ4n) is 4.25. The Morgan fingerprint density at radius 1 is 1.13 bits per heavy atom. The summed E-state index contributed by atoms with van der Waals surface area (Å²) in [7, 11) is 0. The summed E-state index contributed by atoms with van der Waals surface area (Å²) in [5.74, 6) is 1.49. The number of hydrogen-bond acceptors (Lipinski definition) is 6. The molecule has 0 aliphatic carbocycles. The molecule has 0 saturated heterocycles. The van der Waals surface area contributed by atoms with E-state index < -0.39 is 10.8 Å². The van der Waals surface area contributed by atoms with Gasteiger partial charge >= 0.3 is 0 Å². The van der Waals surface area contributed by atoms with Crippen LogP contribution in [0.4, 0.5) is 5.82 Å². The molecule has 0 radical (unpaired) electrons. The molecule has 1 atom stereocenters. The first-order valence-corrected chi connectivity index (χ1v) is 13.6. The fraction of sp³-hybridized carbons (Fsp3) is 0.438. The topological polar surface area (TPSA) is 95.2 Å². The first-order chi connectivity index (χ1) is 18.1. The number of aromatic nitrogens is 2. The van der Waals surface area contributed by atoms with Crippen LogP contribution in [-0.2, 0) is 19.7 Å². The smallest absolute Gasteiger partial charge is 0.162 e. The van der Waals surface area contributed by atoms with Gasteiger partial charge in [-0.2, -0.15) is 0 Å². The number of allylic oxidation sites excluding steroid dienone is 4. The van der Waals surface area contributed by atoms with Crippen LogP contribution in [0.15, 0.2) is 47.9 Å². The zero-order valence-electron chi connectivity index (χ0n) is 25.4. The van der Waals surface area contributed by atoms with Crippen molar-refractivity contribution in [3.8, 4) is 0 Å². The van der Waals surface area contributed by atoms with E-state index >= 15 is 0 Å². The number of carbonyl (C=O) groups is 2. The first kappa shape index (κ1) is 33.8. The van der Waals surface area contributed by atoms with Gasteiger partial charge in [-0.05, 0) is 83.7 Å². The molecule has 0 saturated carbocycles. The van der Waals surface area contributed by atoms with Crippen molar-refractivity contribution >= 4 is 35.1 Å². The number of aldehydes is 1. The third-order valence-electron chi connectivity index (χ3n) is 7.00. The van der Waals surface area contributed by atoms with Crippen molar-refractivity contribution < 1.29 is 14.3 Å². The summed E-state index contributed by atoms with van der Waals surface area (Å²) in [5.41, 5.74) is 9.24. The molecule has 212 valence electrons. The third kappa shape index (κ3) is 7.66. The largest absolute Gasteiger partial charge is 0.466 e. The van der Waals surface area contributed by atoms with Crippen molar-refractivity contribution in [2.24, 2.45) is 5.41 Å². The van der Waals surface area contributed by atoms with Crippen molar-refractivity contribution in [3.63, 3.8) is 0 Å². The van der Waals surface area contributed by atoms with Gasteiger partial charge in [0.25, 0.3) is 0 Å². The molecule has 1 heterocycles. The molecule has 2 rings (SSSR count). The van der Waals surface area contributed by atoms with Gasteiger partial charge in [-0.15, -0.1) is 0 Å². The van der Waals surface area contributed by atoms with Gasteiger partial charge in [0.1, 0.15) is 29.1 Å². The summed E-state index contributed by atoms with van der Waals surface area (Å²) in [6.07, 6.45) is 3.19. The van der Waals surface area contributed by atoms with Gasteiger partial charge in [0.05, 0.1) is 5.76 Å². The zero-order chi connectivity index (χ0) is 30.3. The minimum absolute atomic E-state index is 0.0890. The molecular weight excluding hydrogens is 510 g/mol. The van der Waals surface area contributed by atoms with Crippen LogP contribution in [0.1, 0.15) is 96.9 Å². The molecule has 6 nitrogen and oxygen atoms in total. The van der Waals surface area contributed by atoms with Gasteiger partial charge in [0, 0.05) is 27.3 Å². The number of nitrogens with two attached hydrogens (primary N) is 1. The summed E-state index contributed by atoms with van der Waals surface area (Å²) >= 11 is 6.14. The number of ketones is 1. The first-order valence-electron chi connectivity index (χ1n) is 13.2. The van der Waals surface area contributed by atoms with Crippen LogP contribution in [-0.4, -0.2) is 22.0 Å². The van der Waals surface area contributed by atoms with Crippen LogP contribution >= 0.6 is 11.6 Å². The number of rotatable bonds is 10. The Labute approximate surface area is 239 Å². The summed E-state index contributed by atoms with van der Waals surface area (Å²) in [6.45, 7) is 24.5. The van der Waals surface area contributed by atoms with E-state index in [0.717, 1.165) is 28.6 Å². The molecule has 2 N–H and O–H groups in total. The molecular formula is C32H44ClN3O3. The molecule has 1 unspecified atom stereocenters. The summed E-state index contributed by atoms with van der Waals surface area (Å²) in [5, 5.41) is 0.647. The molecule has 2 aromatic rings. The maximum atomic E-state index is 12.5. The molecule has 0 amide bonds. The second kappa shape index (κ2) is 13.7. The Hall–Kier alpha value is -3.25. The van der Waals surface area contributed by atoms with E-state index in [4.69, 9.17) is 27.1 Å². The second-order valence-corrected chi connectivity index (χ2v) is 10.8. The Morgan fingerprint density at radius 2 is 1.72 bits per heavy atom. The molecule has 0 spiro atoms. The van der Waals surface area contributed by atoms with Crippen molar-refractivity contribution in [3.05, 3.63) is 81.2 Å². The van der Waals surface area contributed by atoms with Crippen molar-refractivity contribution in [1.82, 2.24) is 9.97 Å². The van der Waals surface area contributed by atoms with Gasteiger partial charge in [0.2, 0.25) is 0 Å².